The molecule has 106 valence electrons. The van der Waals surface area contributed by atoms with Crippen molar-refractivity contribution in [2.24, 2.45) is 0 Å². The Bertz CT molecular complexity index is 933. The van der Waals surface area contributed by atoms with Crippen molar-refractivity contribution in [1.29, 1.82) is 0 Å². The van der Waals surface area contributed by atoms with Gasteiger partial charge in [0.15, 0.2) is 0 Å². The number of benzene rings is 2. The fraction of sp³-hybridized carbons (Fsp3) is 0. The zero-order valence-electron chi connectivity index (χ0n) is 11.4. The zero-order chi connectivity index (χ0) is 14.9. The van der Waals surface area contributed by atoms with E-state index in [0.29, 0.717) is 0 Å². The molecule has 4 aromatic rings. The van der Waals surface area contributed by atoms with Crippen molar-refractivity contribution in [3.8, 4) is 22.3 Å². The van der Waals surface area contributed by atoms with Crippen LogP contribution in [0.25, 0.3) is 32.5 Å². The Balaban J connectivity index is 1.80. The first kappa shape index (κ1) is 13.5. The summed E-state index contributed by atoms with van der Waals surface area (Å²) in [6, 6.07) is 16.7. The number of rotatable bonds is 2. The van der Waals surface area contributed by atoms with Gasteiger partial charge in [-0.25, -0.2) is 0 Å². The van der Waals surface area contributed by atoms with Gasteiger partial charge in [0.1, 0.15) is 5.52 Å². The van der Waals surface area contributed by atoms with Crippen LogP contribution in [0.4, 0.5) is 0 Å². The summed E-state index contributed by atoms with van der Waals surface area (Å²) in [4.78, 5) is 4.06. The first-order chi connectivity index (χ1) is 10.8. The number of hydrogen-bond donors (Lipinski definition) is 0. The van der Waals surface area contributed by atoms with Crippen LogP contribution < -0.4 is 0 Å². The maximum Gasteiger partial charge on any atom is 0.120 e. The van der Waals surface area contributed by atoms with Crippen molar-refractivity contribution < 1.29 is 0 Å². The second kappa shape index (κ2) is 5.59. The molecule has 0 atom stereocenters. The molecule has 0 saturated heterocycles. The molecule has 0 bridgehead atoms. The third-order valence-electron chi connectivity index (χ3n) is 3.56. The molecule has 0 spiro atoms. The Morgan fingerprint density at radius 2 is 1.45 bits per heavy atom. The van der Waals surface area contributed by atoms with Gasteiger partial charge >= 0.3 is 0 Å². The van der Waals surface area contributed by atoms with Crippen LogP contribution in [0.15, 0.2) is 65.4 Å². The van der Waals surface area contributed by atoms with Gasteiger partial charge in [0.2, 0.25) is 0 Å². The lowest BCUT2D eigenvalue weighted by Crippen LogP contribution is -1.82. The van der Waals surface area contributed by atoms with E-state index in [2.05, 4.69) is 60.8 Å². The largest absolute Gasteiger partial charge is 0.265 e. The highest BCUT2D eigenvalue weighted by molar-refractivity contribution is 9.10. The number of halogens is 1. The lowest BCUT2D eigenvalue weighted by molar-refractivity contribution is 1.19. The van der Waals surface area contributed by atoms with E-state index in [0.717, 1.165) is 20.3 Å². The predicted octanol–water partition coefficient (Wildman–Crippen LogP) is 5.18. The van der Waals surface area contributed by atoms with Gasteiger partial charge in [-0.3, -0.25) is 4.98 Å². The van der Waals surface area contributed by atoms with Gasteiger partial charge in [-0.2, -0.15) is 0 Å². The summed E-state index contributed by atoms with van der Waals surface area (Å²) in [5, 5.41) is 4.18. The van der Waals surface area contributed by atoms with Gasteiger partial charge in [-0.05, 0) is 62.4 Å². The monoisotopic (exact) mass is 367 g/mol. The SMILES string of the molecule is Brc1ccc(-c2ccc(-c3ccncc3)cc2)c2snnc12. The Morgan fingerprint density at radius 3 is 2.23 bits per heavy atom. The summed E-state index contributed by atoms with van der Waals surface area (Å²) in [7, 11) is 0. The Kier molecular flexibility index (Phi) is 3.44. The molecule has 4 rings (SSSR count). The van der Waals surface area contributed by atoms with E-state index < -0.39 is 0 Å². The van der Waals surface area contributed by atoms with E-state index >= 15 is 0 Å². The number of nitrogens with zero attached hydrogens (tertiary/aromatic N) is 3. The van der Waals surface area contributed by atoms with E-state index in [1.165, 1.54) is 28.2 Å². The molecule has 0 aliphatic heterocycles. The van der Waals surface area contributed by atoms with Crippen LogP contribution in [-0.2, 0) is 0 Å². The van der Waals surface area contributed by atoms with Crippen LogP contribution in [0.5, 0.6) is 0 Å². The van der Waals surface area contributed by atoms with E-state index in [1.807, 2.05) is 30.6 Å². The fourth-order valence-corrected chi connectivity index (χ4v) is 3.72. The molecule has 2 aromatic carbocycles. The molecule has 0 fully saturated rings. The molecule has 2 aromatic heterocycles. The van der Waals surface area contributed by atoms with Gasteiger partial charge < -0.3 is 0 Å². The quantitative estimate of drug-likeness (QED) is 0.489. The molecule has 0 amide bonds. The highest BCUT2D eigenvalue weighted by Crippen LogP contribution is 2.34. The van der Waals surface area contributed by atoms with Gasteiger partial charge in [0.05, 0.1) is 4.70 Å². The van der Waals surface area contributed by atoms with Gasteiger partial charge in [0.25, 0.3) is 0 Å². The maximum atomic E-state index is 4.18. The van der Waals surface area contributed by atoms with E-state index in [9.17, 15) is 0 Å². The molecule has 0 aliphatic carbocycles. The van der Waals surface area contributed by atoms with Gasteiger partial charge in [0, 0.05) is 22.4 Å². The van der Waals surface area contributed by atoms with Crippen molar-refractivity contribution in [2.75, 3.05) is 0 Å². The summed E-state index contributed by atoms with van der Waals surface area (Å²) in [6.45, 7) is 0. The van der Waals surface area contributed by atoms with Gasteiger partial charge in [-0.15, -0.1) is 5.10 Å². The smallest absolute Gasteiger partial charge is 0.120 e. The molecular weight excluding hydrogens is 358 g/mol. The summed E-state index contributed by atoms with van der Waals surface area (Å²) in [5.41, 5.74) is 5.60. The second-order valence-corrected chi connectivity index (χ2v) is 6.47. The molecule has 0 saturated carbocycles. The number of hydrogen-bond acceptors (Lipinski definition) is 4. The lowest BCUT2D eigenvalue weighted by atomic mass is 10.0. The zero-order valence-corrected chi connectivity index (χ0v) is 13.8. The highest BCUT2D eigenvalue weighted by Gasteiger charge is 2.10. The minimum Gasteiger partial charge on any atom is -0.265 e. The summed E-state index contributed by atoms with van der Waals surface area (Å²) >= 11 is 4.95. The molecule has 3 nitrogen and oxygen atoms in total. The Hall–Kier alpha value is -2.11. The fourth-order valence-electron chi connectivity index (χ4n) is 2.45. The van der Waals surface area contributed by atoms with Crippen LogP contribution in [0.1, 0.15) is 0 Å². The summed E-state index contributed by atoms with van der Waals surface area (Å²) < 4.78 is 6.15. The Morgan fingerprint density at radius 1 is 0.773 bits per heavy atom. The first-order valence-electron chi connectivity index (χ1n) is 6.74. The minimum atomic E-state index is 0.917. The normalized spacial score (nSPS) is 11.0. The van der Waals surface area contributed by atoms with Crippen LogP contribution in [0.3, 0.4) is 0 Å². The first-order valence-corrected chi connectivity index (χ1v) is 8.31. The molecule has 2 heterocycles. The number of pyridine rings is 1. The molecule has 5 heteroatoms. The van der Waals surface area contributed by atoms with Crippen LogP contribution in [0.2, 0.25) is 0 Å². The molecular formula is C17H10BrN3S. The average Bonchev–Trinajstić information content (AvgIpc) is 3.07. The number of aromatic nitrogens is 3. The van der Waals surface area contributed by atoms with E-state index in [4.69, 9.17) is 0 Å². The standard InChI is InChI=1S/C17H10BrN3S/c18-15-6-5-14(17-16(15)20-21-22-17)13-3-1-11(2-4-13)12-7-9-19-10-8-12/h1-10H. The van der Waals surface area contributed by atoms with Crippen LogP contribution in [0, 0.1) is 0 Å². The average molecular weight is 368 g/mol. The predicted molar refractivity (Wildman–Crippen MR) is 93.8 cm³/mol. The molecule has 0 aliphatic rings. The highest BCUT2D eigenvalue weighted by atomic mass is 79.9. The summed E-state index contributed by atoms with van der Waals surface area (Å²) in [6.07, 6.45) is 3.62. The second-order valence-electron chi connectivity index (χ2n) is 4.86. The van der Waals surface area contributed by atoms with Crippen molar-refractivity contribution in [3.05, 3.63) is 65.4 Å². The van der Waals surface area contributed by atoms with E-state index in [-0.39, 0.29) is 0 Å². The Labute approximate surface area is 140 Å². The maximum absolute atomic E-state index is 4.18. The van der Waals surface area contributed by atoms with E-state index in [1.54, 1.807) is 0 Å². The van der Waals surface area contributed by atoms with Crippen LogP contribution >= 0.6 is 27.5 Å². The number of fused-ring (bicyclic) bond motifs is 1. The summed E-state index contributed by atoms with van der Waals surface area (Å²) in [5.74, 6) is 0. The lowest BCUT2D eigenvalue weighted by Gasteiger charge is -2.06. The van der Waals surface area contributed by atoms with Crippen LogP contribution in [-0.4, -0.2) is 14.6 Å². The molecule has 0 N–H and O–H groups in total. The molecule has 22 heavy (non-hydrogen) atoms. The third-order valence-corrected chi connectivity index (χ3v) is 4.96. The molecule has 0 radical (unpaired) electrons. The topological polar surface area (TPSA) is 38.7 Å². The third kappa shape index (κ3) is 2.32. The van der Waals surface area contributed by atoms with Crippen molar-refractivity contribution in [1.82, 2.24) is 14.6 Å². The van der Waals surface area contributed by atoms with Gasteiger partial charge in [-0.1, -0.05) is 34.8 Å². The van der Waals surface area contributed by atoms with Crippen molar-refractivity contribution in [3.63, 3.8) is 0 Å². The van der Waals surface area contributed by atoms with Crippen molar-refractivity contribution in [2.45, 2.75) is 0 Å². The van der Waals surface area contributed by atoms with Crippen molar-refractivity contribution >= 4 is 37.7 Å². The minimum absolute atomic E-state index is 0.917. The molecule has 0 unspecified atom stereocenters.